The van der Waals surface area contributed by atoms with E-state index >= 15 is 0 Å². The monoisotopic (exact) mass is 883 g/mol. The number of rotatable bonds is 12. The quantitative estimate of drug-likeness (QED) is 0.0634. The molecule has 1 atom stereocenters. The number of hydrogen-bond donors (Lipinski definition) is 4. The molecule has 3 aliphatic heterocycles. The molecule has 2 aromatic heterocycles. The van der Waals surface area contributed by atoms with E-state index in [9.17, 15) is 28.0 Å². The highest BCUT2D eigenvalue weighted by Crippen LogP contribution is 2.30. The Bertz CT molecular complexity index is 2880. The van der Waals surface area contributed by atoms with Gasteiger partial charge < -0.3 is 20.3 Å². The Kier molecular flexibility index (Phi) is 12.8. The van der Waals surface area contributed by atoms with Gasteiger partial charge in [0.25, 0.3) is 5.91 Å². The maximum atomic E-state index is 14.0. The van der Waals surface area contributed by atoms with Crippen LogP contribution in [0.2, 0.25) is 0 Å². The lowest BCUT2D eigenvalue weighted by molar-refractivity contribution is -0.135. The lowest BCUT2D eigenvalue weighted by Crippen LogP contribution is -2.46. The van der Waals surface area contributed by atoms with Crippen molar-refractivity contribution >= 4 is 56.9 Å². The molecule has 3 amide bonds. The zero-order chi connectivity index (χ0) is 45.0. The van der Waals surface area contributed by atoms with Crippen molar-refractivity contribution in [2.45, 2.75) is 63.5 Å². The summed E-state index contributed by atoms with van der Waals surface area (Å²) >= 11 is 0. The standard InChI is InChI=1S/C49H51F2N9O5/c1-57-45-33(8-6-9-42(45)60(49(57)64)43-14-15-44(61)53-48(43)63)7-4-2-3-5-18-58-19-21-59(22-20-58)37-11-12-38(41(30-37)52-36-16-23-65-24-17-36)47(62)54-46-39-28-31(10-13-40(39)55-56-46)25-32-26-34(50)29-35(51)27-32/h6,8-13,26-30,36,43,52H,2-3,5,14-25H2,1H3,(H,53,61,63)(H2,54,55,56,62). The summed E-state index contributed by atoms with van der Waals surface area (Å²) in [5.74, 6) is 4.58. The van der Waals surface area contributed by atoms with Crippen molar-refractivity contribution in [1.29, 1.82) is 0 Å². The van der Waals surface area contributed by atoms with Gasteiger partial charge >= 0.3 is 5.69 Å². The summed E-state index contributed by atoms with van der Waals surface area (Å²) in [5, 5.41) is 17.1. The van der Waals surface area contributed by atoms with Crippen molar-refractivity contribution in [1.82, 2.24) is 29.5 Å². The van der Waals surface area contributed by atoms with Gasteiger partial charge in [0, 0.05) is 88.2 Å². The van der Waals surface area contributed by atoms with Gasteiger partial charge in [0.05, 0.1) is 27.7 Å². The number of amides is 3. The average Bonchev–Trinajstić information content (AvgIpc) is 3.81. The van der Waals surface area contributed by atoms with Crippen LogP contribution in [0.5, 0.6) is 0 Å². The number of piperazine rings is 1. The van der Waals surface area contributed by atoms with E-state index < -0.39 is 23.6 Å². The predicted molar refractivity (Wildman–Crippen MR) is 245 cm³/mol. The molecule has 3 fully saturated rings. The van der Waals surface area contributed by atoms with Crippen LogP contribution in [0.3, 0.4) is 0 Å². The summed E-state index contributed by atoms with van der Waals surface area (Å²) < 4.78 is 36.4. The summed E-state index contributed by atoms with van der Waals surface area (Å²) in [6, 6.07) is 20.0. The van der Waals surface area contributed by atoms with Gasteiger partial charge in [-0.05, 0) is 111 Å². The lowest BCUT2D eigenvalue weighted by Gasteiger charge is -2.36. The second-order valence-electron chi connectivity index (χ2n) is 17.1. The number of aromatic amines is 1. The summed E-state index contributed by atoms with van der Waals surface area (Å²) in [6.45, 7) is 5.74. The molecule has 3 aliphatic rings. The number of H-pyrrole nitrogens is 1. The molecule has 4 aromatic carbocycles. The fourth-order valence-corrected chi connectivity index (χ4v) is 9.20. The van der Waals surface area contributed by atoms with Crippen LogP contribution in [0.25, 0.3) is 21.9 Å². The Morgan fingerprint density at radius 3 is 2.49 bits per heavy atom. The topological polar surface area (TPSA) is 159 Å². The number of unbranched alkanes of at least 4 members (excludes halogenated alkanes) is 2. The minimum Gasteiger partial charge on any atom is -0.381 e. The molecule has 0 aliphatic carbocycles. The number of imidazole rings is 1. The second-order valence-corrected chi connectivity index (χ2v) is 17.1. The normalized spacial score (nSPS) is 17.3. The highest BCUT2D eigenvalue weighted by atomic mass is 19.1. The number of hydrogen-bond acceptors (Lipinski definition) is 9. The first kappa shape index (κ1) is 43.4. The van der Waals surface area contributed by atoms with Crippen molar-refractivity contribution in [3.8, 4) is 11.8 Å². The summed E-state index contributed by atoms with van der Waals surface area (Å²) in [6.07, 6.45) is 5.06. The number of nitrogens with one attached hydrogen (secondary N) is 4. The number of para-hydroxylation sites is 1. The lowest BCUT2D eigenvalue weighted by atomic mass is 10.0. The van der Waals surface area contributed by atoms with Gasteiger partial charge in [0.1, 0.15) is 17.7 Å². The van der Waals surface area contributed by atoms with Gasteiger partial charge in [-0.2, -0.15) is 5.10 Å². The van der Waals surface area contributed by atoms with Crippen LogP contribution >= 0.6 is 0 Å². The molecule has 336 valence electrons. The first-order valence-electron chi connectivity index (χ1n) is 22.3. The molecule has 3 saturated heterocycles. The van der Waals surface area contributed by atoms with Crippen molar-refractivity contribution in [3.05, 3.63) is 117 Å². The van der Waals surface area contributed by atoms with E-state index in [4.69, 9.17) is 4.74 Å². The number of halogens is 2. The van der Waals surface area contributed by atoms with Gasteiger partial charge in [-0.3, -0.25) is 38.8 Å². The molecule has 14 nitrogen and oxygen atoms in total. The number of carbonyl (C=O) groups is 3. The first-order chi connectivity index (χ1) is 31.6. The van der Waals surface area contributed by atoms with Crippen molar-refractivity contribution in [2.24, 2.45) is 7.05 Å². The second kappa shape index (κ2) is 19.1. The van der Waals surface area contributed by atoms with Crippen LogP contribution in [-0.4, -0.2) is 93.9 Å². The number of piperidine rings is 1. The van der Waals surface area contributed by atoms with Crippen molar-refractivity contribution in [2.75, 3.05) is 61.5 Å². The number of benzene rings is 4. The van der Waals surface area contributed by atoms with Crippen LogP contribution in [0.1, 0.15) is 78.0 Å². The Morgan fingerprint density at radius 2 is 1.71 bits per heavy atom. The van der Waals surface area contributed by atoms with Gasteiger partial charge in [-0.15, -0.1) is 0 Å². The predicted octanol–water partition coefficient (Wildman–Crippen LogP) is 6.25. The molecule has 0 spiro atoms. The van der Waals surface area contributed by atoms with E-state index in [1.54, 1.807) is 7.05 Å². The zero-order valence-electron chi connectivity index (χ0n) is 36.2. The van der Waals surface area contributed by atoms with E-state index in [-0.39, 0.29) is 36.4 Å². The fraction of sp³-hybridized carbons (Fsp3) is 0.367. The number of fused-ring (bicyclic) bond motifs is 2. The van der Waals surface area contributed by atoms with Gasteiger partial charge in [0.15, 0.2) is 5.82 Å². The minimum atomic E-state index is -0.741. The number of anilines is 3. The summed E-state index contributed by atoms with van der Waals surface area (Å²) in [5.41, 5.74) is 6.04. The first-order valence-corrected chi connectivity index (χ1v) is 22.3. The smallest absolute Gasteiger partial charge is 0.329 e. The van der Waals surface area contributed by atoms with Crippen LogP contribution in [0.4, 0.5) is 26.0 Å². The highest BCUT2D eigenvalue weighted by molar-refractivity contribution is 6.11. The Morgan fingerprint density at radius 1 is 0.908 bits per heavy atom. The van der Waals surface area contributed by atoms with Gasteiger partial charge in [-0.1, -0.05) is 24.0 Å². The van der Waals surface area contributed by atoms with Crippen LogP contribution in [0, 0.1) is 23.5 Å². The minimum absolute atomic E-state index is 0.155. The molecular formula is C49H51F2N9O5. The molecule has 0 bridgehead atoms. The number of aryl methyl sites for hydroxylation is 1. The van der Waals surface area contributed by atoms with Crippen LogP contribution in [-0.2, 0) is 27.8 Å². The SMILES string of the molecule is Cn1c(=O)n(C2CCC(=O)NC2=O)c2cccc(C#CCCCCN3CCN(c4ccc(C(=O)Nc5n[nH]c6ccc(Cc7cc(F)cc(F)c7)cc56)c(NC5CCOCC5)c4)CC3)c21. The van der Waals surface area contributed by atoms with Crippen LogP contribution in [0.15, 0.2) is 77.6 Å². The number of imide groups is 1. The third-order valence-corrected chi connectivity index (χ3v) is 12.6. The molecule has 9 rings (SSSR count). The molecule has 16 heteroatoms. The number of carbonyl (C=O) groups excluding carboxylic acids is 3. The zero-order valence-corrected chi connectivity index (χ0v) is 36.2. The van der Waals surface area contributed by atoms with Gasteiger partial charge in [0.2, 0.25) is 11.8 Å². The molecule has 6 aromatic rings. The third-order valence-electron chi connectivity index (χ3n) is 12.6. The molecule has 4 N–H and O–H groups in total. The Balaban J connectivity index is 0.809. The number of ether oxygens (including phenoxy) is 1. The molecule has 5 heterocycles. The van der Waals surface area contributed by atoms with Crippen molar-refractivity contribution in [3.63, 3.8) is 0 Å². The maximum Gasteiger partial charge on any atom is 0.329 e. The fourth-order valence-electron chi connectivity index (χ4n) is 9.20. The maximum absolute atomic E-state index is 14.0. The van der Waals surface area contributed by atoms with Gasteiger partial charge in [-0.25, -0.2) is 13.6 Å². The Labute approximate surface area is 374 Å². The Hall–Kier alpha value is -6.83. The summed E-state index contributed by atoms with van der Waals surface area (Å²) in [7, 11) is 1.68. The number of aromatic nitrogens is 4. The largest absolute Gasteiger partial charge is 0.381 e. The van der Waals surface area contributed by atoms with E-state index in [1.807, 2.05) is 48.5 Å². The number of nitrogens with zero attached hydrogens (tertiary/aromatic N) is 5. The van der Waals surface area contributed by atoms with E-state index in [0.717, 1.165) is 92.5 Å². The molecule has 0 radical (unpaired) electrons. The highest BCUT2D eigenvalue weighted by Gasteiger charge is 2.32. The molecular weight excluding hydrogens is 833 g/mol. The van der Waals surface area contributed by atoms with Crippen molar-refractivity contribution < 1.29 is 27.9 Å². The third kappa shape index (κ3) is 9.67. The van der Waals surface area contributed by atoms with E-state index in [1.165, 1.54) is 21.3 Å². The molecule has 65 heavy (non-hydrogen) atoms. The van der Waals surface area contributed by atoms with E-state index in [2.05, 4.69) is 53.9 Å². The summed E-state index contributed by atoms with van der Waals surface area (Å²) in [4.78, 5) is 56.5. The molecule has 0 saturated carbocycles. The average molecular weight is 884 g/mol. The van der Waals surface area contributed by atoms with Crippen LogP contribution < -0.4 is 26.5 Å². The van der Waals surface area contributed by atoms with E-state index in [0.29, 0.717) is 59.4 Å². The molecule has 1 unspecified atom stereocenters.